The van der Waals surface area contributed by atoms with E-state index in [0.717, 1.165) is 58.5 Å². The first-order valence-corrected chi connectivity index (χ1v) is 29.3. The van der Waals surface area contributed by atoms with Gasteiger partial charge in [-0.25, -0.2) is 29.9 Å². The maximum Gasteiger partial charge on any atom is 0.528 e. The van der Waals surface area contributed by atoms with E-state index in [2.05, 4.69) is 118 Å². The van der Waals surface area contributed by atoms with Gasteiger partial charge in [0.05, 0.1) is 0 Å². The number of halogens is 2. The molecular weight excluding hydrogens is 1210 g/mol. The first-order chi connectivity index (χ1) is 40.4. The minimum atomic E-state index is -1.74. The average molecular weight is 1260 g/mol. The Hall–Kier alpha value is -8.34. The van der Waals surface area contributed by atoms with E-state index in [1.807, 2.05) is 150 Å². The number of nitrogens with zero attached hydrogens (tertiary/aromatic N) is 6. The van der Waals surface area contributed by atoms with Gasteiger partial charge in [0.15, 0.2) is 34.8 Å². The van der Waals surface area contributed by atoms with Crippen LogP contribution in [-0.2, 0) is 25.7 Å². The Balaban J connectivity index is 0.000000132. The first-order valence-electron chi connectivity index (χ1n) is 27.3. The number of thiophene rings is 2. The zero-order chi connectivity index (χ0) is 55.1. The molecule has 0 spiro atoms. The number of fused-ring (bicyclic) bond motifs is 14. The van der Waals surface area contributed by atoms with Crippen LogP contribution in [0.3, 0.4) is 0 Å². The maximum atomic E-state index is 9.37. The number of rotatable bonds is 6. The van der Waals surface area contributed by atoms with Crippen molar-refractivity contribution in [3.8, 4) is 79.2 Å². The van der Waals surface area contributed by atoms with E-state index in [9.17, 15) is 10.0 Å². The third kappa shape index (κ3) is 11.0. The number of hydrogen-bond acceptors (Lipinski definition) is 10. The van der Waals surface area contributed by atoms with Crippen molar-refractivity contribution in [2.45, 2.75) is 33.1 Å². The standard InChI is InChI=1S/C35H23N3S.C20H13ClS.C15H12BN3O2.CH4.HI/c1-3-9-23(10-4-1)33-36-34(24-11-5-2-6-12-24)38-35(37-33)26-17-19-27-25(21-26)16-15-22-18-20-30-32(31(22)27)28-13-7-8-14-29(28)39-30;21-14-8-9-15-13(11-14)6-5-12-7-10-18-20(19(12)15)16-3-1-2-4-17(16)22-18;20-16(21)15-18-13(11-7-3-1-4-8-11)17-14(19-15)12-9-5-2-6-10-12;;/h1-14,17-21H,15-16H2;1-4,7-11H,5-6H2;1-10,20-21H;1H4;1H. The van der Waals surface area contributed by atoms with Gasteiger partial charge in [-0.3, -0.25) is 0 Å². The highest BCUT2D eigenvalue weighted by Gasteiger charge is 2.25. The summed E-state index contributed by atoms with van der Waals surface area (Å²) in [5.41, 5.74) is 15.6. The SMILES string of the molecule is C.Clc1ccc2c(c1)CCc1ccc3sc4ccccc4c3c1-2.I.OB(O)c1nc(-c2ccccc2)nc(-c2ccccc2)n1.c1ccc(-c2nc(-c3ccccc3)nc(-c3ccc4c(c3)CCc3ccc5sc6ccccc6c5c3-4)n2)cc1. The molecule has 0 fully saturated rings. The summed E-state index contributed by atoms with van der Waals surface area (Å²) in [4.78, 5) is 27.4. The van der Waals surface area contributed by atoms with Crippen LogP contribution in [0.25, 0.3) is 120 Å². The summed E-state index contributed by atoms with van der Waals surface area (Å²) in [7, 11) is -1.74. The largest absolute Gasteiger partial charge is 0.528 e. The molecule has 0 atom stereocenters. The second-order valence-electron chi connectivity index (χ2n) is 20.3. The van der Waals surface area contributed by atoms with Crippen LogP contribution >= 0.6 is 58.3 Å². The van der Waals surface area contributed by atoms with E-state index < -0.39 is 7.12 Å². The van der Waals surface area contributed by atoms with Crippen LogP contribution in [0.4, 0.5) is 0 Å². The summed E-state index contributed by atoms with van der Waals surface area (Å²) in [6, 6.07) is 78.9. The van der Waals surface area contributed by atoms with Crippen molar-refractivity contribution in [1.82, 2.24) is 29.9 Å². The third-order valence-corrected chi connectivity index (χ3v) is 17.7. The van der Waals surface area contributed by atoms with Crippen molar-refractivity contribution in [3.05, 3.63) is 258 Å². The summed E-state index contributed by atoms with van der Waals surface area (Å²) in [6.07, 6.45) is 4.22. The second kappa shape index (κ2) is 24.5. The monoisotopic (exact) mass is 1260 g/mol. The fourth-order valence-corrected chi connectivity index (χ4v) is 13.8. The van der Waals surface area contributed by atoms with Gasteiger partial charge in [-0.05, 0) is 113 Å². The highest BCUT2D eigenvalue weighted by atomic mass is 127. The van der Waals surface area contributed by atoms with Gasteiger partial charge in [-0.15, -0.1) is 46.7 Å². The quantitative estimate of drug-likeness (QED) is 0.125. The molecule has 0 saturated carbocycles. The van der Waals surface area contributed by atoms with Gasteiger partial charge < -0.3 is 10.0 Å². The lowest BCUT2D eigenvalue weighted by molar-refractivity contribution is 0.422. The van der Waals surface area contributed by atoms with Gasteiger partial charge >= 0.3 is 7.12 Å². The van der Waals surface area contributed by atoms with Crippen LogP contribution in [0.15, 0.2) is 231 Å². The van der Waals surface area contributed by atoms with Crippen molar-refractivity contribution in [1.29, 1.82) is 0 Å². The molecule has 0 radical (unpaired) electrons. The Bertz CT molecular complexity index is 4590. The number of aromatic nitrogens is 6. The zero-order valence-electron chi connectivity index (χ0n) is 44.5. The molecule has 0 saturated heterocycles. The number of benzene rings is 10. The van der Waals surface area contributed by atoms with Gasteiger partial charge in [-0.2, -0.15) is 0 Å². The highest BCUT2D eigenvalue weighted by molar-refractivity contribution is 14.0. The minimum Gasteiger partial charge on any atom is -0.421 e. The predicted octanol–water partition coefficient (Wildman–Crippen LogP) is 17.6. The Kier molecular flexibility index (Phi) is 16.4. The molecule has 0 aliphatic heterocycles. The molecule has 408 valence electrons. The van der Waals surface area contributed by atoms with Gasteiger partial charge in [0, 0.05) is 73.2 Å². The topological polar surface area (TPSA) is 118 Å². The van der Waals surface area contributed by atoms with E-state index in [1.165, 1.54) is 84.9 Å². The van der Waals surface area contributed by atoms with Crippen LogP contribution in [0.2, 0.25) is 5.02 Å². The van der Waals surface area contributed by atoms with E-state index in [0.29, 0.717) is 29.1 Å². The normalized spacial score (nSPS) is 11.8. The van der Waals surface area contributed by atoms with Crippen LogP contribution in [0.1, 0.15) is 29.7 Å². The molecule has 2 aliphatic rings. The van der Waals surface area contributed by atoms with Crippen molar-refractivity contribution >= 4 is 111 Å². The molecule has 14 aromatic rings. The maximum absolute atomic E-state index is 9.37. The van der Waals surface area contributed by atoms with Crippen LogP contribution in [-0.4, -0.2) is 47.1 Å². The van der Waals surface area contributed by atoms with E-state index in [-0.39, 0.29) is 37.1 Å². The second-order valence-corrected chi connectivity index (χ2v) is 22.9. The van der Waals surface area contributed by atoms with E-state index in [4.69, 9.17) is 26.6 Å². The Labute approximate surface area is 517 Å². The van der Waals surface area contributed by atoms with Crippen LogP contribution < -0.4 is 5.72 Å². The van der Waals surface area contributed by atoms with Gasteiger partial charge in [0.25, 0.3) is 0 Å². The molecule has 8 nitrogen and oxygen atoms in total. The fraction of sp³-hybridized carbons (Fsp3) is 0.0704. The predicted molar refractivity (Wildman–Crippen MR) is 362 cm³/mol. The summed E-state index contributed by atoms with van der Waals surface area (Å²) in [5.74, 6) is 2.90. The van der Waals surface area contributed by atoms with E-state index >= 15 is 0 Å². The van der Waals surface area contributed by atoms with Gasteiger partial charge in [-0.1, -0.05) is 207 Å². The molecule has 4 heterocycles. The number of aryl methyl sites for hydroxylation is 4. The molecule has 2 aliphatic carbocycles. The summed E-state index contributed by atoms with van der Waals surface area (Å²) in [5, 5.41) is 25.1. The first kappa shape index (κ1) is 56.2. The molecule has 16 rings (SSSR count). The van der Waals surface area contributed by atoms with Gasteiger partial charge in [0.1, 0.15) is 0 Å². The molecular formula is C71H53BClIN6O2S2. The molecule has 2 N–H and O–H groups in total. The third-order valence-electron chi connectivity index (χ3n) is 15.2. The molecule has 0 unspecified atom stereocenters. The molecule has 0 amide bonds. The Morgan fingerprint density at radius 2 is 0.702 bits per heavy atom. The number of hydrogen-bond donors (Lipinski definition) is 2. The van der Waals surface area contributed by atoms with Crippen LogP contribution in [0, 0.1) is 0 Å². The zero-order valence-corrected chi connectivity index (χ0v) is 49.2. The Morgan fingerprint density at radius 1 is 0.345 bits per heavy atom. The average Bonchev–Trinajstić information content (AvgIpc) is 1.98. The van der Waals surface area contributed by atoms with Crippen molar-refractivity contribution in [2.24, 2.45) is 0 Å². The highest BCUT2D eigenvalue weighted by Crippen LogP contribution is 2.47. The van der Waals surface area contributed by atoms with Gasteiger partial charge in [0.2, 0.25) is 0 Å². The summed E-state index contributed by atoms with van der Waals surface area (Å²) in [6.45, 7) is 0. The van der Waals surface area contributed by atoms with Crippen molar-refractivity contribution in [2.75, 3.05) is 0 Å². The fourth-order valence-electron chi connectivity index (χ4n) is 11.4. The van der Waals surface area contributed by atoms with Crippen molar-refractivity contribution in [3.63, 3.8) is 0 Å². The lowest BCUT2D eigenvalue weighted by Gasteiger charge is -2.22. The summed E-state index contributed by atoms with van der Waals surface area (Å²) < 4.78 is 5.44. The molecule has 0 bridgehead atoms. The lowest BCUT2D eigenvalue weighted by Crippen LogP contribution is -2.36. The smallest absolute Gasteiger partial charge is 0.421 e. The Morgan fingerprint density at radius 3 is 1.13 bits per heavy atom. The summed E-state index contributed by atoms with van der Waals surface area (Å²) >= 11 is 9.97. The van der Waals surface area contributed by atoms with E-state index in [1.54, 1.807) is 0 Å². The van der Waals surface area contributed by atoms with Crippen molar-refractivity contribution < 1.29 is 10.0 Å². The molecule has 84 heavy (non-hydrogen) atoms. The molecule has 4 aromatic heterocycles. The van der Waals surface area contributed by atoms with Crippen LogP contribution in [0.5, 0.6) is 0 Å². The minimum absolute atomic E-state index is 0. The molecule has 10 aromatic carbocycles. The molecule has 13 heteroatoms. The lowest BCUT2D eigenvalue weighted by atomic mass is 9.82.